The Kier molecular flexibility index (Phi) is 4.43. The predicted octanol–water partition coefficient (Wildman–Crippen LogP) is 3.65. The molecule has 0 amide bonds. The molecule has 0 saturated heterocycles. The molecule has 1 N–H and O–H groups in total. The molecule has 26 heavy (non-hydrogen) atoms. The molecule has 136 valence electrons. The number of hydrogen-bond acceptors (Lipinski definition) is 3. The van der Waals surface area contributed by atoms with Crippen molar-refractivity contribution < 1.29 is 13.2 Å². The summed E-state index contributed by atoms with van der Waals surface area (Å²) in [6.45, 7) is 3.57. The maximum Gasteiger partial charge on any atom is 0.416 e. The summed E-state index contributed by atoms with van der Waals surface area (Å²) in [5.41, 5.74) is 1.59. The van der Waals surface area contributed by atoms with Gasteiger partial charge in [-0.05, 0) is 30.7 Å². The average molecular weight is 362 g/mol. The SMILES string of the molecule is Cc1nc(-c2cc(C(C)c3ccc(C(F)(F)F)cc3)n(C)n2)cc(=O)[nH]1. The van der Waals surface area contributed by atoms with Gasteiger partial charge in [0.25, 0.3) is 5.56 Å². The van der Waals surface area contributed by atoms with Gasteiger partial charge in [-0.2, -0.15) is 18.3 Å². The lowest BCUT2D eigenvalue weighted by Gasteiger charge is -2.13. The second kappa shape index (κ2) is 6.44. The van der Waals surface area contributed by atoms with Crippen molar-refractivity contribution in [2.75, 3.05) is 0 Å². The molecular formula is C18H17F3N4O. The molecule has 3 aromatic rings. The smallest absolute Gasteiger partial charge is 0.311 e. The summed E-state index contributed by atoms with van der Waals surface area (Å²) < 4.78 is 39.8. The van der Waals surface area contributed by atoms with Crippen LogP contribution in [0.25, 0.3) is 11.4 Å². The second-order valence-electron chi connectivity index (χ2n) is 6.14. The zero-order valence-corrected chi connectivity index (χ0v) is 14.4. The Balaban J connectivity index is 1.94. The fraction of sp³-hybridized carbons (Fsp3) is 0.278. The number of nitrogens with zero attached hydrogens (tertiary/aromatic N) is 3. The Hall–Kier alpha value is -2.90. The van der Waals surface area contributed by atoms with Crippen LogP contribution in [0.15, 0.2) is 41.2 Å². The minimum absolute atomic E-state index is 0.174. The summed E-state index contributed by atoms with van der Waals surface area (Å²) in [7, 11) is 1.75. The first-order valence-electron chi connectivity index (χ1n) is 7.94. The summed E-state index contributed by atoms with van der Waals surface area (Å²) in [5.74, 6) is 0.308. The lowest BCUT2D eigenvalue weighted by atomic mass is 9.96. The highest BCUT2D eigenvalue weighted by molar-refractivity contribution is 5.54. The molecule has 8 heteroatoms. The number of aryl methyl sites for hydroxylation is 2. The fourth-order valence-corrected chi connectivity index (χ4v) is 2.85. The van der Waals surface area contributed by atoms with Crippen LogP contribution in [0.4, 0.5) is 13.2 Å². The lowest BCUT2D eigenvalue weighted by molar-refractivity contribution is -0.137. The van der Waals surface area contributed by atoms with Crippen LogP contribution < -0.4 is 5.56 Å². The normalized spacial score (nSPS) is 13.0. The molecule has 0 bridgehead atoms. The van der Waals surface area contributed by atoms with E-state index < -0.39 is 11.7 Å². The third-order valence-electron chi connectivity index (χ3n) is 4.22. The molecule has 3 rings (SSSR count). The fourth-order valence-electron chi connectivity index (χ4n) is 2.85. The molecule has 0 radical (unpaired) electrons. The van der Waals surface area contributed by atoms with Gasteiger partial charge in [-0.3, -0.25) is 9.48 Å². The highest BCUT2D eigenvalue weighted by Crippen LogP contribution is 2.32. The molecule has 1 atom stereocenters. The molecule has 0 saturated carbocycles. The topological polar surface area (TPSA) is 63.6 Å². The predicted molar refractivity (Wildman–Crippen MR) is 90.8 cm³/mol. The lowest BCUT2D eigenvalue weighted by Crippen LogP contribution is -2.08. The molecule has 5 nitrogen and oxygen atoms in total. The standard InChI is InChI=1S/C18H17F3N4O/c1-10(12-4-6-13(7-5-12)18(19,20)21)16-8-15(24-25(16)3)14-9-17(26)23-11(2)22-14/h4-10H,1-3H3,(H,22,23,26). The van der Waals surface area contributed by atoms with Crippen molar-refractivity contribution in [1.82, 2.24) is 19.7 Å². The number of aromatic nitrogens is 4. The second-order valence-corrected chi connectivity index (χ2v) is 6.14. The van der Waals surface area contributed by atoms with Gasteiger partial charge in [-0.15, -0.1) is 0 Å². The van der Waals surface area contributed by atoms with E-state index in [1.54, 1.807) is 24.7 Å². The Morgan fingerprint density at radius 2 is 1.77 bits per heavy atom. The van der Waals surface area contributed by atoms with Crippen molar-refractivity contribution in [1.29, 1.82) is 0 Å². The molecule has 2 aromatic heterocycles. The van der Waals surface area contributed by atoms with Crippen LogP contribution in [-0.2, 0) is 13.2 Å². The molecule has 0 aliphatic carbocycles. The van der Waals surface area contributed by atoms with E-state index in [9.17, 15) is 18.0 Å². The molecule has 1 unspecified atom stereocenters. The van der Waals surface area contributed by atoms with Gasteiger partial charge in [0, 0.05) is 24.7 Å². The first kappa shape index (κ1) is 17.9. The Morgan fingerprint density at radius 1 is 1.12 bits per heavy atom. The maximum absolute atomic E-state index is 12.7. The van der Waals surface area contributed by atoms with E-state index in [4.69, 9.17) is 0 Å². The minimum Gasteiger partial charge on any atom is -0.311 e. The Morgan fingerprint density at radius 3 is 2.35 bits per heavy atom. The minimum atomic E-state index is -4.36. The van der Waals surface area contributed by atoms with Crippen LogP contribution in [-0.4, -0.2) is 19.7 Å². The van der Waals surface area contributed by atoms with Gasteiger partial charge in [0.15, 0.2) is 0 Å². The number of nitrogens with one attached hydrogen (secondary N) is 1. The van der Waals surface area contributed by atoms with E-state index in [1.807, 2.05) is 6.92 Å². The van der Waals surface area contributed by atoms with Crippen LogP contribution in [0, 0.1) is 6.92 Å². The molecule has 0 aliphatic rings. The van der Waals surface area contributed by atoms with Gasteiger partial charge in [-0.25, -0.2) is 4.98 Å². The summed E-state index contributed by atoms with van der Waals surface area (Å²) in [6, 6.07) is 8.24. The van der Waals surface area contributed by atoms with Crippen molar-refractivity contribution in [2.45, 2.75) is 25.9 Å². The number of hydrogen-bond donors (Lipinski definition) is 1. The van der Waals surface area contributed by atoms with Gasteiger partial charge >= 0.3 is 6.18 Å². The average Bonchev–Trinajstić information content (AvgIpc) is 2.94. The van der Waals surface area contributed by atoms with Crippen LogP contribution in [0.5, 0.6) is 0 Å². The Bertz CT molecular complexity index is 987. The van der Waals surface area contributed by atoms with Gasteiger partial charge in [0.1, 0.15) is 11.5 Å². The largest absolute Gasteiger partial charge is 0.416 e. The first-order valence-corrected chi connectivity index (χ1v) is 7.94. The molecule has 1 aromatic carbocycles. The molecule has 0 aliphatic heterocycles. The van der Waals surface area contributed by atoms with E-state index in [-0.39, 0.29) is 11.5 Å². The summed E-state index contributed by atoms with van der Waals surface area (Å²) in [5, 5.41) is 4.39. The highest BCUT2D eigenvalue weighted by atomic mass is 19.4. The molecule has 0 spiro atoms. The summed E-state index contributed by atoms with van der Waals surface area (Å²) >= 11 is 0. The maximum atomic E-state index is 12.7. The number of alkyl halides is 3. The van der Waals surface area contributed by atoms with Crippen LogP contribution >= 0.6 is 0 Å². The number of benzene rings is 1. The van der Waals surface area contributed by atoms with Gasteiger partial charge in [-0.1, -0.05) is 19.1 Å². The van der Waals surface area contributed by atoms with E-state index in [2.05, 4.69) is 15.1 Å². The molecule has 0 fully saturated rings. The van der Waals surface area contributed by atoms with Gasteiger partial charge in [0.2, 0.25) is 0 Å². The van der Waals surface area contributed by atoms with E-state index in [1.165, 1.54) is 18.2 Å². The van der Waals surface area contributed by atoms with Crippen molar-refractivity contribution in [3.05, 3.63) is 69.4 Å². The van der Waals surface area contributed by atoms with Crippen molar-refractivity contribution in [3.63, 3.8) is 0 Å². The zero-order valence-electron chi connectivity index (χ0n) is 14.4. The van der Waals surface area contributed by atoms with Crippen molar-refractivity contribution in [2.24, 2.45) is 7.05 Å². The third kappa shape index (κ3) is 3.54. The van der Waals surface area contributed by atoms with E-state index in [0.717, 1.165) is 23.4 Å². The summed E-state index contributed by atoms with van der Waals surface area (Å²) in [6.07, 6.45) is -4.36. The van der Waals surface area contributed by atoms with Crippen molar-refractivity contribution in [3.8, 4) is 11.4 Å². The van der Waals surface area contributed by atoms with Crippen LogP contribution in [0.1, 0.15) is 35.5 Å². The number of H-pyrrole nitrogens is 1. The Labute approximate surface area is 147 Å². The zero-order chi connectivity index (χ0) is 19.1. The van der Waals surface area contributed by atoms with Crippen LogP contribution in [0.3, 0.4) is 0 Å². The van der Waals surface area contributed by atoms with E-state index >= 15 is 0 Å². The van der Waals surface area contributed by atoms with Crippen LogP contribution in [0.2, 0.25) is 0 Å². The number of rotatable bonds is 3. The van der Waals surface area contributed by atoms with E-state index in [0.29, 0.717) is 17.2 Å². The van der Waals surface area contributed by atoms with Gasteiger partial charge < -0.3 is 4.98 Å². The molecular weight excluding hydrogens is 345 g/mol. The first-order chi connectivity index (χ1) is 12.1. The van der Waals surface area contributed by atoms with Crippen molar-refractivity contribution >= 4 is 0 Å². The molecule has 2 heterocycles. The summed E-state index contributed by atoms with van der Waals surface area (Å²) in [4.78, 5) is 18.5. The third-order valence-corrected chi connectivity index (χ3v) is 4.22. The highest BCUT2D eigenvalue weighted by Gasteiger charge is 2.30. The number of halogens is 3. The quantitative estimate of drug-likeness (QED) is 0.774. The monoisotopic (exact) mass is 362 g/mol. The number of aromatic amines is 1. The van der Waals surface area contributed by atoms with Gasteiger partial charge in [0.05, 0.1) is 11.3 Å².